The van der Waals surface area contributed by atoms with E-state index in [4.69, 9.17) is 5.73 Å². The molecule has 0 bridgehead atoms. The topological polar surface area (TPSA) is 75.3 Å². The summed E-state index contributed by atoms with van der Waals surface area (Å²) >= 11 is 0. The van der Waals surface area contributed by atoms with E-state index in [1.54, 1.807) is 0 Å². The van der Waals surface area contributed by atoms with Crippen molar-refractivity contribution in [3.63, 3.8) is 0 Å². The summed E-state index contributed by atoms with van der Waals surface area (Å²) in [6.45, 7) is 8.92. The second-order valence-corrected chi connectivity index (χ2v) is 8.12. The van der Waals surface area contributed by atoms with Crippen LogP contribution >= 0.6 is 0 Å². The fourth-order valence-electron chi connectivity index (χ4n) is 4.67. The van der Waals surface area contributed by atoms with E-state index in [0.717, 1.165) is 37.2 Å². The molecule has 1 aliphatic carbocycles. The molecule has 2 atom stereocenters. The van der Waals surface area contributed by atoms with E-state index in [2.05, 4.69) is 53.8 Å². The number of rotatable bonds is 4. The van der Waals surface area contributed by atoms with E-state index in [0.29, 0.717) is 12.4 Å². The summed E-state index contributed by atoms with van der Waals surface area (Å²) in [4.78, 5) is 10.9. The van der Waals surface area contributed by atoms with Gasteiger partial charge in [0.15, 0.2) is 0 Å². The number of likely N-dealkylation sites (tertiary alicyclic amines) is 1. The Morgan fingerprint density at radius 2 is 1.89 bits per heavy atom. The average Bonchev–Trinajstić information content (AvgIpc) is 3.16. The van der Waals surface area contributed by atoms with Gasteiger partial charge in [-0.1, -0.05) is 23.8 Å². The van der Waals surface area contributed by atoms with E-state index in [1.165, 1.54) is 34.2 Å². The first kappa shape index (κ1) is 18.1. The number of aryl methyl sites for hydroxylation is 3. The Morgan fingerprint density at radius 1 is 1.15 bits per heavy atom. The molecule has 142 valence electrons. The molecule has 1 fully saturated rings. The van der Waals surface area contributed by atoms with Crippen molar-refractivity contribution in [3.05, 3.63) is 58.0 Å². The molecule has 0 amide bonds. The molecule has 2 aromatic rings. The molecule has 3 N–H and O–H groups in total. The Kier molecular flexibility index (Phi) is 4.74. The van der Waals surface area contributed by atoms with Gasteiger partial charge in [-0.15, -0.1) is 0 Å². The normalized spacial score (nSPS) is 22.1. The van der Waals surface area contributed by atoms with Gasteiger partial charge in [0, 0.05) is 31.1 Å². The van der Waals surface area contributed by atoms with Crippen molar-refractivity contribution in [2.75, 3.05) is 25.4 Å². The van der Waals surface area contributed by atoms with Crippen LogP contribution in [0.5, 0.6) is 0 Å². The highest BCUT2D eigenvalue weighted by molar-refractivity contribution is 5.74. The number of β-amino-alcohol motifs (C(OH)–C–C–N with tert-alkyl or cyclic N) is 1. The standard InChI is InChI=1S/C22H28N4O/c1-13-6-14(2)19(15(3)7-13)8-17-10-26(11-20(17)27)9-16-4-5-18-21(16)24-12-25-22(18)23/h4,6-7,12,17,20,27H,5,8-11H2,1-3H3,(H2,23,24,25)/t17-,20-/m0/s1. The predicted molar refractivity (Wildman–Crippen MR) is 108 cm³/mol. The highest BCUT2D eigenvalue weighted by atomic mass is 16.3. The summed E-state index contributed by atoms with van der Waals surface area (Å²) < 4.78 is 0. The second kappa shape index (κ2) is 7.06. The largest absolute Gasteiger partial charge is 0.391 e. The molecular formula is C22H28N4O. The van der Waals surface area contributed by atoms with Crippen LogP contribution in [0.4, 0.5) is 5.82 Å². The predicted octanol–water partition coefficient (Wildman–Crippen LogP) is 2.46. The highest BCUT2D eigenvalue weighted by Crippen LogP contribution is 2.31. The van der Waals surface area contributed by atoms with E-state index in [9.17, 15) is 5.11 Å². The Balaban J connectivity index is 1.45. The highest BCUT2D eigenvalue weighted by Gasteiger charge is 2.33. The number of hydrogen-bond acceptors (Lipinski definition) is 5. The lowest BCUT2D eigenvalue weighted by molar-refractivity contribution is 0.142. The molecule has 5 heteroatoms. The molecule has 4 rings (SSSR count). The number of nitrogen functional groups attached to an aromatic ring is 1. The van der Waals surface area contributed by atoms with Crippen molar-refractivity contribution < 1.29 is 5.11 Å². The van der Waals surface area contributed by atoms with Crippen LogP contribution in [0, 0.1) is 26.7 Å². The third-order valence-electron chi connectivity index (χ3n) is 6.02. The Morgan fingerprint density at radius 3 is 2.63 bits per heavy atom. The zero-order chi connectivity index (χ0) is 19.1. The zero-order valence-electron chi connectivity index (χ0n) is 16.4. The maximum absolute atomic E-state index is 10.7. The van der Waals surface area contributed by atoms with Gasteiger partial charge in [-0.3, -0.25) is 4.90 Å². The van der Waals surface area contributed by atoms with E-state index < -0.39 is 0 Å². The van der Waals surface area contributed by atoms with Crippen LogP contribution in [0.15, 0.2) is 24.5 Å². The minimum atomic E-state index is -0.290. The van der Waals surface area contributed by atoms with Crippen LogP contribution < -0.4 is 5.73 Å². The fraction of sp³-hybridized carbons (Fsp3) is 0.455. The first-order chi connectivity index (χ1) is 12.9. The third-order valence-corrected chi connectivity index (χ3v) is 6.02. The number of nitrogens with two attached hydrogens (primary N) is 1. The minimum absolute atomic E-state index is 0.266. The van der Waals surface area contributed by atoms with Gasteiger partial charge >= 0.3 is 0 Å². The van der Waals surface area contributed by atoms with Crippen molar-refractivity contribution in [2.24, 2.45) is 5.92 Å². The smallest absolute Gasteiger partial charge is 0.130 e. The van der Waals surface area contributed by atoms with Gasteiger partial charge in [0.25, 0.3) is 0 Å². The Labute approximate surface area is 160 Å². The zero-order valence-corrected chi connectivity index (χ0v) is 16.4. The average molecular weight is 364 g/mol. The SMILES string of the molecule is Cc1cc(C)c(C[C@H]2CN(CC3=CCc4c(N)ncnc43)C[C@@H]2O)c(C)c1. The maximum atomic E-state index is 10.7. The van der Waals surface area contributed by atoms with Gasteiger partial charge in [0.05, 0.1) is 11.8 Å². The molecule has 0 saturated carbocycles. The minimum Gasteiger partial charge on any atom is -0.391 e. The molecule has 5 nitrogen and oxygen atoms in total. The van der Waals surface area contributed by atoms with Crippen LogP contribution in [0.25, 0.3) is 5.57 Å². The Hall–Kier alpha value is -2.24. The molecule has 1 aromatic heterocycles. The number of benzene rings is 1. The maximum Gasteiger partial charge on any atom is 0.130 e. The van der Waals surface area contributed by atoms with Crippen molar-refractivity contribution in [2.45, 2.75) is 39.7 Å². The van der Waals surface area contributed by atoms with Crippen molar-refractivity contribution >= 4 is 11.4 Å². The van der Waals surface area contributed by atoms with Crippen LogP contribution in [0.1, 0.15) is 33.5 Å². The molecule has 1 aromatic carbocycles. The summed E-state index contributed by atoms with van der Waals surface area (Å²) in [5, 5.41) is 10.7. The summed E-state index contributed by atoms with van der Waals surface area (Å²) in [5.41, 5.74) is 14.5. The van der Waals surface area contributed by atoms with Crippen molar-refractivity contribution in [1.82, 2.24) is 14.9 Å². The first-order valence-corrected chi connectivity index (χ1v) is 9.68. The van der Waals surface area contributed by atoms with Gasteiger partial charge < -0.3 is 10.8 Å². The molecule has 0 unspecified atom stereocenters. The van der Waals surface area contributed by atoms with Gasteiger partial charge in [-0.25, -0.2) is 9.97 Å². The molecule has 0 radical (unpaired) electrons. The van der Waals surface area contributed by atoms with Gasteiger partial charge in [0.1, 0.15) is 12.1 Å². The summed E-state index contributed by atoms with van der Waals surface area (Å²) in [6.07, 6.45) is 5.18. The van der Waals surface area contributed by atoms with Gasteiger partial charge in [-0.05, 0) is 55.9 Å². The lowest BCUT2D eigenvalue weighted by Gasteiger charge is -2.19. The molecule has 2 heterocycles. The fourth-order valence-corrected chi connectivity index (χ4v) is 4.67. The molecule has 2 aliphatic rings. The lowest BCUT2D eigenvalue weighted by atomic mass is 9.90. The second-order valence-electron chi connectivity index (χ2n) is 8.12. The van der Waals surface area contributed by atoms with E-state index >= 15 is 0 Å². The summed E-state index contributed by atoms with van der Waals surface area (Å²) in [6, 6.07) is 4.48. The molecule has 1 saturated heterocycles. The number of nitrogens with zero attached hydrogens (tertiary/aromatic N) is 3. The molecular weight excluding hydrogens is 336 g/mol. The number of aliphatic hydroxyl groups excluding tert-OH is 1. The number of aromatic nitrogens is 2. The summed E-state index contributed by atoms with van der Waals surface area (Å²) in [7, 11) is 0. The molecule has 27 heavy (non-hydrogen) atoms. The van der Waals surface area contributed by atoms with Crippen LogP contribution in [-0.2, 0) is 12.8 Å². The first-order valence-electron chi connectivity index (χ1n) is 9.68. The van der Waals surface area contributed by atoms with E-state index in [1.807, 2.05) is 0 Å². The third kappa shape index (κ3) is 3.49. The summed E-state index contributed by atoms with van der Waals surface area (Å²) in [5.74, 6) is 0.845. The molecule has 1 aliphatic heterocycles. The Bertz CT molecular complexity index is 882. The lowest BCUT2D eigenvalue weighted by Crippen LogP contribution is -2.24. The number of anilines is 1. The van der Waals surface area contributed by atoms with Gasteiger partial charge in [0.2, 0.25) is 0 Å². The number of fused-ring (bicyclic) bond motifs is 1. The monoisotopic (exact) mass is 364 g/mol. The number of hydrogen-bond donors (Lipinski definition) is 2. The molecule has 0 spiro atoms. The van der Waals surface area contributed by atoms with Crippen LogP contribution in [0.2, 0.25) is 0 Å². The van der Waals surface area contributed by atoms with E-state index in [-0.39, 0.29) is 12.0 Å². The number of allylic oxidation sites excluding steroid dienone is 1. The van der Waals surface area contributed by atoms with Crippen molar-refractivity contribution in [1.29, 1.82) is 0 Å². The number of aliphatic hydroxyl groups is 1. The van der Waals surface area contributed by atoms with Gasteiger partial charge in [-0.2, -0.15) is 0 Å². The van der Waals surface area contributed by atoms with Crippen LogP contribution in [-0.4, -0.2) is 45.7 Å². The van der Waals surface area contributed by atoms with Crippen LogP contribution in [0.3, 0.4) is 0 Å². The quantitative estimate of drug-likeness (QED) is 0.872. The van der Waals surface area contributed by atoms with Crippen molar-refractivity contribution in [3.8, 4) is 0 Å².